The first-order valence-corrected chi connectivity index (χ1v) is 9.03. The number of halogens is 4. The average Bonchev–Trinajstić information content (AvgIpc) is 3.03. The molecule has 2 amide bonds. The van der Waals surface area contributed by atoms with Crippen molar-refractivity contribution in [3.05, 3.63) is 64.2 Å². The molecule has 0 spiro atoms. The molecule has 1 N–H and O–H groups in total. The summed E-state index contributed by atoms with van der Waals surface area (Å²) in [5, 5.41) is 3.15. The summed E-state index contributed by atoms with van der Waals surface area (Å²) in [6.07, 6.45) is -4.40. The molecule has 28 heavy (non-hydrogen) atoms. The first kappa shape index (κ1) is 20.2. The molecule has 0 saturated carbocycles. The van der Waals surface area contributed by atoms with Crippen molar-refractivity contribution in [3.63, 3.8) is 0 Å². The maximum absolute atomic E-state index is 12.8. The number of nitrogens with one attached hydrogen (secondary N) is 1. The minimum absolute atomic E-state index is 0.0379. The predicted molar refractivity (Wildman–Crippen MR) is 99.9 cm³/mol. The molecule has 0 aliphatic carbocycles. The topological polar surface area (TPSA) is 49.4 Å². The molecule has 0 radical (unpaired) electrons. The highest BCUT2D eigenvalue weighted by Gasteiger charge is 2.35. The summed E-state index contributed by atoms with van der Waals surface area (Å²) in [5.74, 6) is -1.14. The highest BCUT2D eigenvalue weighted by molar-refractivity contribution is 6.31. The third-order valence-electron chi connectivity index (χ3n) is 4.68. The number of carbonyl (C=O) groups excluding carboxylic acids is 2. The number of aryl methyl sites for hydroxylation is 1. The van der Waals surface area contributed by atoms with E-state index in [9.17, 15) is 22.8 Å². The van der Waals surface area contributed by atoms with Crippen molar-refractivity contribution in [2.75, 3.05) is 11.4 Å². The summed E-state index contributed by atoms with van der Waals surface area (Å²) >= 11 is 6.10. The maximum Gasteiger partial charge on any atom is 0.416 e. The third-order valence-corrected chi connectivity index (χ3v) is 5.09. The van der Waals surface area contributed by atoms with Crippen LogP contribution in [-0.4, -0.2) is 18.4 Å². The SMILES string of the molecule is Cc1ccc(N2CC(C(=O)NCc3cccc(C(F)(F)F)c3)CC2=O)cc1Cl. The lowest BCUT2D eigenvalue weighted by Crippen LogP contribution is -2.32. The van der Waals surface area contributed by atoms with Crippen molar-refractivity contribution in [1.82, 2.24) is 5.32 Å². The van der Waals surface area contributed by atoms with Crippen LogP contribution in [0.1, 0.15) is 23.1 Å². The Morgan fingerprint density at radius 3 is 2.68 bits per heavy atom. The number of rotatable bonds is 4. The Balaban J connectivity index is 1.63. The normalized spacial score (nSPS) is 17.1. The molecule has 2 aromatic rings. The Hall–Kier alpha value is -2.54. The van der Waals surface area contributed by atoms with Crippen molar-refractivity contribution >= 4 is 29.1 Å². The number of carbonyl (C=O) groups is 2. The summed E-state index contributed by atoms with van der Waals surface area (Å²) in [7, 11) is 0. The smallest absolute Gasteiger partial charge is 0.352 e. The molecule has 1 atom stereocenters. The molecule has 4 nitrogen and oxygen atoms in total. The number of hydrogen-bond acceptors (Lipinski definition) is 2. The molecule has 1 saturated heterocycles. The van der Waals surface area contributed by atoms with Gasteiger partial charge in [0.1, 0.15) is 0 Å². The van der Waals surface area contributed by atoms with Gasteiger partial charge in [-0.15, -0.1) is 0 Å². The molecule has 0 aromatic heterocycles. The van der Waals surface area contributed by atoms with Crippen LogP contribution in [0.5, 0.6) is 0 Å². The summed E-state index contributed by atoms with van der Waals surface area (Å²) in [5.41, 5.74) is 1.08. The van der Waals surface area contributed by atoms with E-state index in [4.69, 9.17) is 11.6 Å². The van der Waals surface area contributed by atoms with Gasteiger partial charge in [-0.3, -0.25) is 9.59 Å². The van der Waals surface area contributed by atoms with E-state index in [0.717, 1.165) is 17.7 Å². The van der Waals surface area contributed by atoms with Crippen LogP contribution in [0.4, 0.5) is 18.9 Å². The zero-order chi connectivity index (χ0) is 20.5. The number of nitrogens with zero attached hydrogens (tertiary/aromatic N) is 1. The third kappa shape index (κ3) is 4.47. The Morgan fingerprint density at radius 2 is 2.00 bits per heavy atom. The molecular weight excluding hydrogens is 393 g/mol. The van der Waals surface area contributed by atoms with Crippen LogP contribution in [0.25, 0.3) is 0 Å². The van der Waals surface area contributed by atoms with Gasteiger partial charge in [0, 0.05) is 30.2 Å². The summed E-state index contributed by atoms with van der Waals surface area (Å²) in [4.78, 5) is 26.2. The van der Waals surface area contributed by atoms with E-state index in [-0.39, 0.29) is 31.3 Å². The van der Waals surface area contributed by atoms with E-state index in [2.05, 4.69) is 5.32 Å². The quantitative estimate of drug-likeness (QED) is 0.815. The molecule has 0 bridgehead atoms. The Morgan fingerprint density at radius 1 is 1.25 bits per heavy atom. The molecule has 3 rings (SSSR count). The van der Waals surface area contributed by atoms with Crippen LogP contribution in [-0.2, 0) is 22.3 Å². The minimum Gasteiger partial charge on any atom is -0.352 e. The number of alkyl halides is 3. The van der Waals surface area contributed by atoms with E-state index in [1.165, 1.54) is 17.0 Å². The van der Waals surface area contributed by atoms with Crippen molar-refractivity contribution < 1.29 is 22.8 Å². The van der Waals surface area contributed by atoms with Crippen LogP contribution in [0, 0.1) is 12.8 Å². The monoisotopic (exact) mass is 410 g/mol. The van der Waals surface area contributed by atoms with E-state index >= 15 is 0 Å². The van der Waals surface area contributed by atoms with Gasteiger partial charge in [0.15, 0.2) is 0 Å². The van der Waals surface area contributed by atoms with Crippen LogP contribution < -0.4 is 10.2 Å². The second-order valence-corrected chi connectivity index (χ2v) is 7.16. The Bertz CT molecular complexity index is 915. The fraction of sp³-hybridized carbons (Fsp3) is 0.300. The largest absolute Gasteiger partial charge is 0.416 e. The predicted octanol–water partition coefficient (Wildman–Crippen LogP) is 4.34. The van der Waals surface area contributed by atoms with Crippen LogP contribution in [0.2, 0.25) is 5.02 Å². The average molecular weight is 411 g/mol. The highest BCUT2D eigenvalue weighted by Crippen LogP contribution is 2.30. The molecule has 2 aromatic carbocycles. The fourth-order valence-electron chi connectivity index (χ4n) is 3.07. The number of anilines is 1. The lowest BCUT2D eigenvalue weighted by atomic mass is 10.1. The lowest BCUT2D eigenvalue weighted by Gasteiger charge is -2.17. The second-order valence-electron chi connectivity index (χ2n) is 6.75. The van der Waals surface area contributed by atoms with Gasteiger partial charge in [-0.25, -0.2) is 0 Å². The van der Waals surface area contributed by atoms with Gasteiger partial charge in [-0.2, -0.15) is 13.2 Å². The molecular formula is C20H18ClF3N2O2. The van der Waals surface area contributed by atoms with Crippen LogP contribution in [0.3, 0.4) is 0 Å². The molecule has 1 fully saturated rings. The number of amides is 2. The summed E-state index contributed by atoms with van der Waals surface area (Å²) < 4.78 is 38.3. The lowest BCUT2D eigenvalue weighted by molar-refractivity contribution is -0.137. The van der Waals surface area contributed by atoms with Gasteiger partial charge >= 0.3 is 6.18 Å². The standard InChI is InChI=1S/C20H18ClF3N2O2/c1-12-5-6-16(9-17(12)21)26-11-14(8-18(26)27)19(28)25-10-13-3-2-4-15(7-13)20(22,23)24/h2-7,9,14H,8,10-11H2,1H3,(H,25,28). The van der Waals surface area contributed by atoms with Crippen molar-refractivity contribution in [3.8, 4) is 0 Å². The van der Waals surface area contributed by atoms with Gasteiger partial charge in [-0.1, -0.05) is 29.8 Å². The van der Waals surface area contributed by atoms with Crippen molar-refractivity contribution in [2.24, 2.45) is 5.92 Å². The molecule has 1 aliphatic rings. The van der Waals surface area contributed by atoms with E-state index in [1.807, 2.05) is 6.92 Å². The van der Waals surface area contributed by atoms with Gasteiger partial charge in [0.05, 0.1) is 11.5 Å². The molecule has 1 aliphatic heterocycles. The van der Waals surface area contributed by atoms with Gasteiger partial charge in [0.25, 0.3) is 0 Å². The summed E-state index contributed by atoms with van der Waals surface area (Å²) in [6.45, 7) is 2.01. The van der Waals surface area contributed by atoms with E-state index in [1.54, 1.807) is 18.2 Å². The second kappa shape index (κ2) is 7.83. The first-order chi connectivity index (χ1) is 13.1. The zero-order valence-electron chi connectivity index (χ0n) is 15.0. The van der Waals surface area contributed by atoms with Crippen LogP contribution >= 0.6 is 11.6 Å². The van der Waals surface area contributed by atoms with Crippen molar-refractivity contribution in [2.45, 2.75) is 26.1 Å². The van der Waals surface area contributed by atoms with E-state index < -0.39 is 17.7 Å². The number of benzene rings is 2. The zero-order valence-corrected chi connectivity index (χ0v) is 15.8. The van der Waals surface area contributed by atoms with Gasteiger partial charge < -0.3 is 10.2 Å². The minimum atomic E-state index is -4.44. The highest BCUT2D eigenvalue weighted by atomic mass is 35.5. The maximum atomic E-state index is 12.8. The molecule has 1 unspecified atom stereocenters. The summed E-state index contributed by atoms with van der Waals surface area (Å²) in [6, 6.07) is 10.0. The van der Waals surface area contributed by atoms with E-state index in [0.29, 0.717) is 16.3 Å². The fourth-order valence-corrected chi connectivity index (χ4v) is 3.25. The molecule has 8 heteroatoms. The van der Waals surface area contributed by atoms with Crippen molar-refractivity contribution in [1.29, 1.82) is 0 Å². The molecule has 1 heterocycles. The molecule has 148 valence electrons. The van der Waals surface area contributed by atoms with Gasteiger partial charge in [-0.05, 0) is 42.3 Å². The first-order valence-electron chi connectivity index (χ1n) is 8.65. The van der Waals surface area contributed by atoms with Gasteiger partial charge in [0.2, 0.25) is 11.8 Å². The van der Waals surface area contributed by atoms with Crippen LogP contribution in [0.15, 0.2) is 42.5 Å². The number of hydrogen-bond donors (Lipinski definition) is 1. The Kier molecular flexibility index (Phi) is 5.65. The Labute approximate surface area is 165 Å².